The molecule has 2 aromatic rings. The number of nitrogens with one attached hydrogen (secondary N) is 6. The van der Waals surface area contributed by atoms with E-state index in [-0.39, 0.29) is 25.8 Å². The summed E-state index contributed by atoms with van der Waals surface area (Å²) in [5, 5.41) is 34.1. The quantitative estimate of drug-likeness (QED) is 0.0753. The van der Waals surface area contributed by atoms with E-state index in [9.17, 15) is 48.6 Å². The van der Waals surface area contributed by atoms with Gasteiger partial charge < -0.3 is 58.5 Å². The highest BCUT2D eigenvalue weighted by atomic mass is 16.4. The van der Waals surface area contributed by atoms with Gasteiger partial charge in [0.1, 0.15) is 24.2 Å². The van der Waals surface area contributed by atoms with E-state index in [1.54, 1.807) is 50.2 Å². The average Bonchev–Trinajstić information content (AvgIpc) is 3.11. The number of primary amides is 2. The van der Waals surface area contributed by atoms with E-state index in [2.05, 4.69) is 31.9 Å². The number of hydrogen-bond acceptors (Lipinski definition) is 9. The normalized spacial score (nSPS) is 12.9. The molecule has 0 saturated carbocycles. The molecule has 9 amide bonds. The fourth-order valence-electron chi connectivity index (χ4n) is 5.28. The highest BCUT2D eigenvalue weighted by molar-refractivity contribution is 6.00. The Kier molecular flexibility index (Phi) is 18.0. The first-order valence-corrected chi connectivity index (χ1v) is 17.5. The molecule has 55 heavy (non-hydrogen) atoms. The van der Waals surface area contributed by atoms with E-state index in [0.29, 0.717) is 16.9 Å². The summed E-state index contributed by atoms with van der Waals surface area (Å²) >= 11 is 0. The number of carbonyl (C=O) groups is 8. The summed E-state index contributed by atoms with van der Waals surface area (Å²) in [6.45, 7) is 4.22. The van der Waals surface area contributed by atoms with Crippen molar-refractivity contribution in [2.75, 3.05) is 30.8 Å². The summed E-state index contributed by atoms with van der Waals surface area (Å²) in [6.07, 6.45) is -1.04. The second-order valence-corrected chi connectivity index (χ2v) is 13.1. The van der Waals surface area contributed by atoms with Gasteiger partial charge in [0.05, 0.1) is 13.0 Å². The summed E-state index contributed by atoms with van der Waals surface area (Å²) in [5.41, 5.74) is 13.0. The maximum absolute atomic E-state index is 13.7. The number of likely N-dealkylation sites (N-methyl/N-ethyl adjacent to an activating group) is 1. The number of amides is 9. The Morgan fingerprint density at radius 3 is 1.98 bits per heavy atom. The van der Waals surface area contributed by atoms with E-state index in [1.807, 2.05) is 19.1 Å². The van der Waals surface area contributed by atoms with Gasteiger partial charge in [-0.15, -0.1) is 0 Å². The molecule has 0 fully saturated rings. The number of urea groups is 2. The van der Waals surface area contributed by atoms with Gasteiger partial charge in [0, 0.05) is 31.4 Å². The van der Waals surface area contributed by atoms with Crippen molar-refractivity contribution in [2.45, 2.75) is 77.0 Å². The number of carboxylic acids is 1. The number of aliphatic hydroxyl groups is 1. The van der Waals surface area contributed by atoms with Gasteiger partial charge in [-0.1, -0.05) is 44.2 Å². The van der Waals surface area contributed by atoms with E-state index in [1.165, 1.54) is 7.05 Å². The zero-order valence-electron chi connectivity index (χ0n) is 31.2. The molecule has 19 heteroatoms. The largest absolute Gasteiger partial charge is 0.481 e. The molecule has 0 aromatic heterocycles. The van der Waals surface area contributed by atoms with E-state index < -0.39 is 97.1 Å². The second-order valence-electron chi connectivity index (χ2n) is 13.1. The predicted molar refractivity (Wildman–Crippen MR) is 201 cm³/mol. The number of para-hydroxylation sites is 1. The molecule has 0 aliphatic rings. The second kappa shape index (κ2) is 22.1. The van der Waals surface area contributed by atoms with E-state index in [0.717, 1.165) is 10.5 Å². The van der Waals surface area contributed by atoms with Crippen LogP contribution in [0.1, 0.15) is 50.7 Å². The highest BCUT2D eigenvalue weighted by Crippen LogP contribution is 2.16. The van der Waals surface area contributed by atoms with Crippen LogP contribution in [0.3, 0.4) is 0 Å². The summed E-state index contributed by atoms with van der Waals surface area (Å²) in [6, 6.07) is 6.93. The Hall–Kier alpha value is -6.24. The predicted octanol–water partition coefficient (Wildman–Crippen LogP) is -0.0902. The van der Waals surface area contributed by atoms with Gasteiger partial charge in [-0.25, -0.2) is 9.59 Å². The molecule has 0 aliphatic carbocycles. The van der Waals surface area contributed by atoms with Crippen molar-refractivity contribution in [3.05, 3.63) is 59.7 Å². The number of aliphatic carboxylic acids is 1. The van der Waals surface area contributed by atoms with Gasteiger partial charge in [0.25, 0.3) is 0 Å². The van der Waals surface area contributed by atoms with E-state index >= 15 is 0 Å². The number of hydrogen-bond donors (Lipinski definition) is 10. The van der Waals surface area contributed by atoms with Gasteiger partial charge in [0.2, 0.25) is 29.5 Å². The van der Waals surface area contributed by atoms with Crippen LogP contribution in [0.5, 0.6) is 0 Å². The zero-order valence-corrected chi connectivity index (χ0v) is 31.2. The third-order valence-electron chi connectivity index (χ3n) is 8.44. The summed E-state index contributed by atoms with van der Waals surface area (Å²) in [5.74, 6) is -5.89. The number of benzene rings is 2. The number of nitrogens with two attached hydrogens (primary N) is 2. The lowest BCUT2D eigenvalue weighted by molar-refractivity contribution is -0.141. The molecular formula is C36H51N9O10. The molecular weight excluding hydrogens is 718 g/mol. The molecule has 19 nitrogen and oxygen atoms in total. The first-order valence-electron chi connectivity index (χ1n) is 17.5. The smallest absolute Gasteiger partial charge is 0.323 e. The fourth-order valence-corrected chi connectivity index (χ4v) is 5.28. The number of rotatable bonds is 21. The van der Waals surface area contributed by atoms with Crippen molar-refractivity contribution in [2.24, 2.45) is 17.4 Å². The van der Waals surface area contributed by atoms with Gasteiger partial charge in [-0.2, -0.15) is 0 Å². The number of carbonyl (C=O) groups excluding carboxylic acids is 7. The van der Waals surface area contributed by atoms with Crippen LogP contribution in [0, 0.1) is 12.8 Å². The van der Waals surface area contributed by atoms with Crippen LogP contribution in [-0.4, -0.2) is 107 Å². The van der Waals surface area contributed by atoms with Crippen molar-refractivity contribution >= 4 is 58.9 Å². The Morgan fingerprint density at radius 1 is 0.800 bits per heavy atom. The van der Waals surface area contributed by atoms with Crippen LogP contribution in [0.4, 0.5) is 21.0 Å². The molecule has 0 saturated heterocycles. The lowest BCUT2D eigenvalue weighted by Crippen LogP contribution is -2.59. The molecule has 2 rings (SSSR count). The molecule has 4 atom stereocenters. The first-order chi connectivity index (χ1) is 25.9. The standard InChI is InChI=1S/C36H51N9O10/c1-20(2)30(31(37)50)44-33(52)26(19-46)42-32(51)25(15-16-29(48)49)41-34(53)27(10-7-17-39-35(38)54)45(4)28(47)18-22-11-13-23(14-12-22)40-36(55)43-24-9-6-5-8-21(24)3/h5-6,8-9,11-14,20,25-27,30,46H,7,10,15-19H2,1-4H3,(H2,37,50)(H,41,53)(H,42,51)(H,44,52)(H,48,49)(H3,38,39,54)(H2,40,43,55)/t25-,26-,27-,30-/m0/s1. The molecule has 0 spiro atoms. The van der Waals surface area contributed by atoms with Crippen LogP contribution in [0.25, 0.3) is 0 Å². The lowest BCUT2D eigenvalue weighted by Gasteiger charge is -2.30. The number of nitrogens with zero attached hydrogens (tertiary/aromatic N) is 1. The summed E-state index contributed by atoms with van der Waals surface area (Å²) in [4.78, 5) is 101. The summed E-state index contributed by atoms with van der Waals surface area (Å²) < 4.78 is 0. The number of carboxylic acid groups (broad SMARTS) is 1. The van der Waals surface area contributed by atoms with Crippen LogP contribution < -0.4 is 43.4 Å². The average molecular weight is 770 g/mol. The zero-order chi connectivity index (χ0) is 41.2. The van der Waals surface area contributed by atoms with Crippen LogP contribution in [-0.2, 0) is 35.2 Å². The molecule has 2 aromatic carbocycles. The van der Waals surface area contributed by atoms with Crippen molar-refractivity contribution in [3.63, 3.8) is 0 Å². The van der Waals surface area contributed by atoms with Gasteiger partial charge >= 0.3 is 18.0 Å². The Bertz CT molecular complexity index is 1690. The van der Waals surface area contributed by atoms with Crippen LogP contribution >= 0.6 is 0 Å². The maximum Gasteiger partial charge on any atom is 0.323 e. The third kappa shape index (κ3) is 15.3. The van der Waals surface area contributed by atoms with Crippen molar-refractivity contribution < 1.29 is 48.6 Å². The minimum atomic E-state index is -1.60. The Labute approximate surface area is 318 Å². The molecule has 12 N–H and O–H groups in total. The lowest BCUT2D eigenvalue weighted by atomic mass is 10.0. The molecule has 0 radical (unpaired) electrons. The molecule has 0 aliphatic heterocycles. The molecule has 0 unspecified atom stereocenters. The number of aliphatic hydroxyl groups excluding tert-OH is 1. The SMILES string of the molecule is Cc1ccccc1NC(=O)Nc1ccc(CC(=O)N(C)[C@@H](CCCNC(N)=O)C(=O)N[C@@H](CCC(=O)O)C(=O)N[C@@H](CO)C(=O)N[C@H](C(N)=O)C(C)C)cc1. The number of anilines is 2. The molecule has 0 heterocycles. The fraction of sp³-hybridized carbons (Fsp3) is 0.444. The molecule has 0 bridgehead atoms. The Morgan fingerprint density at radius 2 is 1.42 bits per heavy atom. The minimum absolute atomic E-state index is 0.0220. The minimum Gasteiger partial charge on any atom is -0.481 e. The molecule has 300 valence electrons. The maximum atomic E-state index is 13.7. The van der Waals surface area contributed by atoms with Crippen LogP contribution in [0.2, 0.25) is 0 Å². The first kappa shape index (κ1) is 44.9. The third-order valence-corrected chi connectivity index (χ3v) is 8.44. The van der Waals surface area contributed by atoms with Crippen molar-refractivity contribution in [3.8, 4) is 0 Å². The van der Waals surface area contributed by atoms with Crippen molar-refractivity contribution in [1.82, 2.24) is 26.2 Å². The monoisotopic (exact) mass is 769 g/mol. The number of aryl methyl sites for hydroxylation is 1. The highest BCUT2D eigenvalue weighted by Gasteiger charge is 2.33. The Balaban J connectivity index is 2.21. The van der Waals surface area contributed by atoms with Crippen LogP contribution in [0.15, 0.2) is 48.5 Å². The van der Waals surface area contributed by atoms with Gasteiger partial charge in [-0.3, -0.25) is 28.8 Å². The van der Waals surface area contributed by atoms with Gasteiger partial charge in [-0.05, 0) is 61.4 Å². The van der Waals surface area contributed by atoms with Gasteiger partial charge in [0.15, 0.2) is 0 Å². The van der Waals surface area contributed by atoms with Crippen molar-refractivity contribution in [1.29, 1.82) is 0 Å². The topological polar surface area (TPSA) is 304 Å². The summed E-state index contributed by atoms with van der Waals surface area (Å²) in [7, 11) is 1.36. The van der Waals surface area contributed by atoms with E-state index in [4.69, 9.17) is 11.5 Å².